The van der Waals surface area contributed by atoms with E-state index in [1.807, 2.05) is 6.08 Å². The number of ether oxygens (including phenoxy) is 1. The number of hydrogen-bond donors (Lipinski definition) is 3. The van der Waals surface area contributed by atoms with Gasteiger partial charge in [-0.05, 0) is 57.8 Å². The summed E-state index contributed by atoms with van der Waals surface area (Å²) >= 11 is 0. The second-order valence-electron chi connectivity index (χ2n) is 23.2. The van der Waals surface area contributed by atoms with Gasteiger partial charge in [-0.25, -0.2) is 0 Å². The van der Waals surface area contributed by atoms with Gasteiger partial charge in [0.05, 0.1) is 25.4 Å². The van der Waals surface area contributed by atoms with Crippen LogP contribution in [0, 0.1) is 0 Å². The fraction of sp³-hybridized carbons (Fsp3) is 0.912. The molecule has 0 aliphatic heterocycles. The molecule has 0 spiro atoms. The van der Waals surface area contributed by atoms with E-state index < -0.39 is 12.1 Å². The first kappa shape index (κ1) is 72.3. The van der Waals surface area contributed by atoms with Crippen LogP contribution in [0.4, 0.5) is 0 Å². The van der Waals surface area contributed by atoms with E-state index in [0.717, 1.165) is 44.9 Å². The second kappa shape index (κ2) is 63.9. The summed E-state index contributed by atoms with van der Waals surface area (Å²) in [5.41, 5.74) is 0. The number of rotatable bonds is 63. The van der Waals surface area contributed by atoms with Crippen LogP contribution in [-0.2, 0) is 14.3 Å². The van der Waals surface area contributed by atoms with Crippen LogP contribution in [0.15, 0.2) is 24.3 Å². The van der Waals surface area contributed by atoms with E-state index in [9.17, 15) is 19.8 Å². The number of aliphatic hydroxyl groups excluding tert-OH is 2. The highest BCUT2D eigenvalue weighted by molar-refractivity contribution is 5.76. The monoisotopic (exact) mass is 1040 g/mol. The summed E-state index contributed by atoms with van der Waals surface area (Å²) in [6, 6.07) is -0.630. The zero-order chi connectivity index (χ0) is 53.6. The Labute approximate surface area is 462 Å². The van der Waals surface area contributed by atoms with Gasteiger partial charge in [-0.2, -0.15) is 0 Å². The van der Waals surface area contributed by atoms with Crippen LogP contribution in [0.2, 0.25) is 0 Å². The lowest BCUT2D eigenvalue weighted by molar-refractivity contribution is -0.143. The standard InChI is InChI=1S/C68H131NO5/c1-3-5-7-9-11-13-15-17-19-21-25-30-34-38-42-46-50-54-58-62-68(73)74-63-59-55-51-47-43-39-35-31-27-24-23-26-29-33-37-41-45-49-53-57-61-67(72)69-65(64-70)66(71)60-56-52-48-44-40-36-32-28-22-20-18-16-14-12-10-8-6-4-2/h17,19,56,60,65-66,70-71H,3-16,18,20-55,57-59,61-64H2,1-2H3,(H,69,72)/b19-17-,60-56+. The van der Waals surface area contributed by atoms with Crippen LogP contribution in [-0.4, -0.2) is 47.4 Å². The number of carbonyl (C=O) groups excluding carboxylic acids is 2. The van der Waals surface area contributed by atoms with Crippen molar-refractivity contribution in [2.75, 3.05) is 13.2 Å². The van der Waals surface area contributed by atoms with Gasteiger partial charge in [-0.1, -0.05) is 327 Å². The minimum atomic E-state index is -0.846. The fourth-order valence-corrected chi connectivity index (χ4v) is 10.6. The van der Waals surface area contributed by atoms with Gasteiger partial charge in [0.25, 0.3) is 0 Å². The maximum atomic E-state index is 12.5. The van der Waals surface area contributed by atoms with Crippen LogP contribution in [0.5, 0.6) is 0 Å². The predicted molar refractivity (Wildman–Crippen MR) is 324 cm³/mol. The summed E-state index contributed by atoms with van der Waals surface area (Å²) in [5, 5.41) is 23.2. The molecular weight excluding hydrogens is 911 g/mol. The second-order valence-corrected chi connectivity index (χ2v) is 23.2. The van der Waals surface area contributed by atoms with E-state index in [4.69, 9.17) is 4.74 Å². The molecule has 0 aliphatic rings. The minimum Gasteiger partial charge on any atom is -0.466 e. The molecule has 1 amide bonds. The van der Waals surface area contributed by atoms with E-state index >= 15 is 0 Å². The van der Waals surface area contributed by atoms with Crippen molar-refractivity contribution >= 4 is 11.9 Å². The van der Waals surface area contributed by atoms with E-state index in [1.165, 1.54) is 302 Å². The molecule has 6 heteroatoms. The Balaban J connectivity index is 3.40. The third kappa shape index (κ3) is 59.6. The summed E-state index contributed by atoms with van der Waals surface area (Å²) in [5.74, 6) is -0.0565. The largest absolute Gasteiger partial charge is 0.466 e. The van der Waals surface area contributed by atoms with Crippen molar-refractivity contribution in [1.29, 1.82) is 0 Å². The molecule has 74 heavy (non-hydrogen) atoms. The SMILES string of the molecule is CCCCCCCC/C=C\CCCCCCCCCCCC(=O)OCCCCCCCCCCCCCCCCCCCCCCC(=O)NC(CO)C(O)/C=C/CCCCCCCCCCCCCCCCCC. The van der Waals surface area contributed by atoms with Gasteiger partial charge in [0.15, 0.2) is 0 Å². The van der Waals surface area contributed by atoms with E-state index in [0.29, 0.717) is 19.4 Å². The smallest absolute Gasteiger partial charge is 0.305 e. The Morgan fingerprint density at radius 3 is 0.959 bits per heavy atom. The first-order valence-corrected chi connectivity index (χ1v) is 33.6. The zero-order valence-corrected chi connectivity index (χ0v) is 50.1. The molecule has 438 valence electrons. The number of esters is 1. The molecule has 3 N–H and O–H groups in total. The van der Waals surface area contributed by atoms with Crippen LogP contribution >= 0.6 is 0 Å². The van der Waals surface area contributed by atoms with Gasteiger partial charge in [0.1, 0.15) is 0 Å². The Hall–Kier alpha value is -1.66. The molecule has 2 unspecified atom stereocenters. The van der Waals surface area contributed by atoms with E-state index in [1.54, 1.807) is 6.08 Å². The number of allylic oxidation sites excluding steroid dienone is 3. The van der Waals surface area contributed by atoms with Gasteiger partial charge in [-0.15, -0.1) is 0 Å². The van der Waals surface area contributed by atoms with Crippen molar-refractivity contribution in [3.05, 3.63) is 24.3 Å². The third-order valence-corrected chi connectivity index (χ3v) is 15.7. The maximum absolute atomic E-state index is 12.5. The fourth-order valence-electron chi connectivity index (χ4n) is 10.6. The molecule has 0 rings (SSSR count). The number of nitrogens with one attached hydrogen (secondary N) is 1. The molecular formula is C68H131NO5. The zero-order valence-electron chi connectivity index (χ0n) is 50.1. The van der Waals surface area contributed by atoms with Gasteiger partial charge in [-0.3, -0.25) is 9.59 Å². The van der Waals surface area contributed by atoms with Gasteiger partial charge < -0.3 is 20.3 Å². The lowest BCUT2D eigenvalue weighted by atomic mass is 10.0. The highest BCUT2D eigenvalue weighted by Gasteiger charge is 2.18. The quantitative estimate of drug-likeness (QED) is 0.0320. The topological polar surface area (TPSA) is 95.9 Å². The lowest BCUT2D eigenvalue weighted by Crippen LogP contribution is -2.45. The summed E-state index contributed by atoms with van der Waals surface area (Å²) in [4.78, 5) is 24.6. The molecule has 0 bridgehead atoms. The number of unbranched alkanes of at least 4 members (excludes halogenated alkanes) is 50. The van der Waals surface area contributed by atoms with Crippen LogP contribution in [0.3, 0.4) is 0 Å². The molecule has 0 aromatic rings. The summed E-state index contributed by atoms with van der Waals surface area (Å²) < 4.78 is 5.50. The van der Waals surface area contributed by atoms with Crippen molar-refractivity contribution in [3.63, 3.8) is 0 Å². The van der Waals surface area contributed by atoms with Crippen molar-refractivity contribution < 1.29 is 24.5 Å². The molecule has 2 atom stereocenters. The number of carbonyl (C=O) groups is 2. The molecule has 0 radical (unpaired) electrons. The van der Waals surface area contributed by atoms with E-state index in [2.05, 4.69) is 31.3 Å². The molecule has 0 aromatic heterocycles. The summed E-state index contributed by atoms with van der Waals surface area (Å²) in [6.07, 6.45) is 79.4. The molecule has 0 aliphatic carbocycles. The third-order valence-electron chi connectivity index (χ3n) is 15.7. The molecule has 0 saturated heterocycles. The molecule has 0 saturated carbocycles. The Kier molecular flexibility index (Phi) is 62.4. The number of amides is 1. The molecule has 0 fully saturated rings. The minimum absolute atomic E-state index is 0.0103. The predicted octanol–water partition coefficient (Wildman–Crippen LogP) is 21.4. The van der Waals surface area contributed by atoms with Crippen LogP contribution in [0.25, 0.3) is 0 Å². The van der Waals surface area contributed by atoms with Gasteiger partial charge >= 0.3 is 5.97 Å². The highest BCUT2D eigenvalue weighted by atomic mass is 16.5. The van der Waals surface area contributed by atoms with Crippen molar-refractivity contribution in [2.45, 2.75) is 386 Å². The van der Waals surface area contributed by atoms with Gasteiger partial charge in [0.2, 0.25) is 5.91 Å². The highest BCUT2D eigenvalue weighted by Crippen LogP contribution is 2.18. The molecule has 0 aromatic carbocycles. The average Bonchev–Trinajstić information content (AvgIpc) is 3.40. The maximum Gasteiger partial charge on any atom is 0.305 e. The average molecular weight is 1040 g/mol. The normalized spacial score (nSPS) is 12.6. The Bertz CT molecular complexity index is 1150. The number of aliphatic hydroxyl groups is 2. The Morgan fingerprint density at radius 1 is 0.365 bits per heavy atom. The first-order valence-electron chi connectivity index (χ1n) is 33.6. The Morgan fingerprint density at radius 2 is 0.635 bits per heavy atom. The summed E-state index contributed by atoms with van der Waals surface area (Å²) in [6.45, 7) is 4.93. The van der Waals surface area contributed by atoms with Crippen molar-refractivity contribution in [2.24, 2.45) is 0 Å². The molecule has 6 nitrogen and oxygen atoms in total. The van der Waals surface area contributed by atoms with Gasteiger partial charge in [0, 0.05) is 12.8 Å². The lowest BCUT2D eigenvalue weighted by Gasteiger charge is -2.20. The molecule has 0 heterocycles. The van der Waals surface area contributed by atoms with Crippen molar-refractivity contribution in [1.82, 2.24) is 5.32 Å². The summed E-state index contributed by atoms with van der Waals surface area (Å²) in [7, 11) is 0. The number of hydrogen-bond acceptors (Lipinski definition) is 5. The first-order chi connectivity index (χ1) is 36.5. The van der Waals surface area contributed by atoms with Crippen molar-refractivity contribution in [3.8, 4) is 0 Å². The van der Waals surface area contributed by atoms with Crippen LogP contribution < -0.4 is 5.32 Å². The van der Waals surface area contributed by atoms with Crippen LogP contribution in [0.1, 0.15) is 373 Å². The van der Waals surface area contributed by atoms with E-state index in [-0.39, 0.29) is 18.5 Å².